The predicted molar refractivity (Wildman–Crippen MR) is 107 cm³/mol. The van der Waals surface area contributed by atoms with Crippen molar-refractivity contribution in [1.82, 2.24) is 4.98 Å². The van der Waals surface area contributed by atoms with E-state index < -0.39 is 0 Å². The van der Waals surface area contributed by atoms with E-state index in [9.17, 15) is 4.79 Å². The van der Waals surface area contributed by atoms with Gasteiger partial charge in [0.05, 0.1) is 17.4 Å². The van der Waals surface area contributed by atoms with Gasteiger partial charge in [-0.1, -0.05) is 50.2 Å². The number of aryl methyl sites for hydroxylation is 2. The molecule has 2 aromatic carbocycles. The summed E-state index contributed by atoms with van der Waals surface area (Å²) in [4.78, 5) is 17.0. The second-order valence-corrected chi connectivity index (χ2v) is 6.07. The van der Waals surface area contributed by atoms with Crippen molar-refractivity contribution >= 4 is 23.0 Å². The second-order valence-electron chi connectivity index (χ2n) is 6.07. The fourth-order valence-corrected chi connectivity index (χ4v) is 2.91. The molecule has 26 heavy (non-hydrogen) atoms. The molecule has 0 spiro atoms. The second kappa shape index (κ2) is 8.30. The standard InChI is InChI=1S/C22H23N3O/c1-3-16-9-8-10-17(4-2)21(16)25-22(26)18-13-20(15-23-14-18)24-19-11-6-5-7-12-19/h5-15,24H,3-4H2,1-2H3,(H,25,26). The smallest absolute Gasteiger partial charge is 0.257 e. The van der Waals surface area contributed by atoms with E-state index in [-0.39, 0.29) is 5.91 Å². The molecule has 0 bridgehead atoms. The van der Waals surface area contributed by atoms with Crippen LogP contribution < -0.4 is 10.6 Å². The first kappa shape index (κ1) is 17.7. The Kier molecular flexibility index (Phi) is 5.64. The highest BCUT2D eigenvalue weighted by atomic mass is 16.1. The van der Waals surface area contributed by atoms with Crippen LogP contribution in [0.2, 0.25) is 0 Å². The summed E-state index contributed by atoms with van der Waals surface area (Å²) in [5.74, 6) is -0.148. The molecule has 1 aromatic heterocycles. The first-order valence-electron chi connectivity index (χ1n) is 8.90. The lowest BCUT2D eigenvalue weighted by molar-refractivity contribution is 0.102. The minimum atomic E-state index is -0.148. The summed E-state index contributed by atoms with van der Waals surface area (Å²) in [5.41, 5.74) is 5.47. The maximum absolute atomic E-state index is 12.8. The largest absolute Gasteiger partial charge is 0.354 e. The molecule has 0 radical (unpaired) electrons. The van der Waals surface area contributed by atoms with E-state index in [1.807, 2.05) is 42.5 Å². The van der Waals surface area contributed by atoms with Crippen LogP contribution in [0, 0.1) is 0 Å². The fraction of sp³-hybridized carbons (Fsp3) is 0.182. The first-order valence-corrected chi connectivity index (χ1v) is 8.90. The number of anilines is 3. The molecular formula is C22H23N3O. The number of nitrogens with zero attached hydrogens (tertiary/aromatic N) is 1. The van der Waals surface area contributed by atoms with Gasteiger partial charge < -0.3 is 10.6 Å². The Morgan fingerprint density at radius 1 is 0.885 bits per heavy atom. The van der Waals surface area contributed by atoms with Gasteiger partial charge in [-0.15, -0.1) is 0 Å². The summed E-state index contributed by atoms with van der Waals surface area (Å²) < 4.78 is 0. The average molecular weight is 345 g/mol. The molecule has 0 aliphatic rings. The van der Waals surface area contributed by atoms with Crippen molar-refractivity contribution in [3.8, 4) is 0 Å². The van der Waals surface area contributed by atoms with E-state index in [4.69, 9.17) is 0 Å². The van der Waals surface area contributed by atoms with Crippen molar-refractivity contribution in [3.63, 3.8) is 0 Å². The summed E-state index contributed by atoms with van der Waals surface area (Å²) >= 11 is 0. The molecular weight excluding hydrogens is 322 g/mol. The van der Waals surface area contributed by atoms with E-state index in [0.717, 1.165) is 41.0 Å². The van der Waals surface area contributed by atoms with Gasteiger partial charge in [-0.25, -0.2) is 0 Å². The van der Waals surface area contributed by atoms with E-state index in [1.54, 1.807) is 12.4 Å². The summed E-state index contributed by atoms with van der Waals surface area (Å²) in [6.45, 7) is 4.19. The number of carbonyl (C=O) groups excluding carboxylic acids is 1. The van der Waals surface area contributed by atoms with Crippen LogP contribution >= 0.6 is 0 Å². The van der Waals surface area contributed by atoms with Gasteiger partial charge in [0.15, 0.2) is 0 Å². The van der Waals surface area contributed by atoms with Crippen LogP contribution in [-0.2, 0) is 12.8 Å². The van der Waals surface area contributed by atoms with Gasteiger partial charge in [-0.2, -0.15) is 0 Å². The number of benzene rings is 2. The monoisotopic (exact) mass is 345 g/mol. The molecule has 0 fully saturated rings. The summed E-state index contributed by atoms with van der Waals surface area (Å²) in [6, 6.07) is 17.8. The topological polar surface area (TPSA) is 54.0 Å². The van der Waals surface area contributed by atoms with Gasteiger partial charge in [0.1, 0.15) is 0 Å². The molecule has 2 N–H and O–H groups in total. The summed E-state index contributed by atoms with van der Waals surface area (Å²) in [6.07, 6.45) is 5.04. The zero-order valence-corrected chi connectivity index (χ0v) is 15.1. The Hall–Kier alpha value is -3.14. The van der Waals surface area contributed by atoms with Crippen molar-refractivity contribution in [3.05, 3.63) is 83.7 Å². The van der Waals surface area contributed by atoms with Gasteiger partial charge in [-0.3, -0.25) is 9.78 Å². The number of para-hydroxylation sites is 2. The van der Waals surface area contributed by atoms with E-state index in [0.29, 0.717) is 5.56 Å². The molecule has 0 aliphatic heterocycles. The molecule has 0 atom stereocenters. The summed E-state index contributed by atoms with van der Waals surface area (Å²) in [5, 5.41) is 6.35. The molecule has 3 rings (SSSR count). The number of hydrogen-bond acceptors (Lipinski definition) is 3. The number of hydrogen-bond donors (Lipinski definition) is 2. The number of carbonyl (C=O) groups is 1. The molecule has 132 valence electrons. The SMILES string of the molecule is CCc1cccc(CC)c1NC(=O)c1cncc(Nc2ccccc2)c1. The third-order valence-corrected chi connectivity index (χ3v) is 4.30. The third-order valence-electron chi connectivity index (χ3n) is 4.30. The number of aromatic nitrogens is 1. The molecule has 1 heterocycles. The Morgan fingerprint density at radius 2 is 1.58 bits per heavy atom. The number of pyridine rings is 1. The summed E-state index contributed by atoms with van der Waals surface area (Å²) in [7, 11) is 0. The van der Waals surface area contributed by atoms with Crippen molar-refractivity contribution in [2.45, 2.75) is 26.7 Å². The van der Waals surface area contributed by atoms with Crippen LogP contribution in [0.3, 0.4) is 0 Å². The van der Waals surface area contributed by atoms with Crippen molar-refractivity contribution < 1.29 is 4.79 Å². The lowest BCUT2D eigenvalue weighted by Crippen LogP contribution is -2.15. The highest BCUT2D eigenvalue weighted by Crippen LogP contribution is 2.24. The quantitative estimate of drug-likeness (QED) is 0.645. The predicted octanol–water partition coefficient (Wildman–Crippen LogP) is 5.20. The van der Waals surface area contributed by atoms with Crippen LogP contribution in [-0.4, -0.2) is 10.9 Å². The highest BCUT2D eigenvalue weighted by Gasteiger charge is 2.12. The lowest BCUT2D eigenvalue weighted by atomic mass is 10.0. The molecule has 4 nitrogen and oxygen atoms in total. The third kappa shape index (κ3) is 4.09. The van der Waals surface area contributed by atoms with Crippen LogP contribution in [0.1, 0.15) is 35.3 Å². The molecule has 0 unspecified atom stereocenters. The van der Waals surface area contributed by atoms with E-state index >= 15 is 0 Å². The van der Waals surface area contributed by atoms with Gasteiger partial charge >= 0.3 is 0 Å². The van der Waals surface area contributed by atoms with Crippen molar-refractivity contribution in [2.24, 2.45) is 0 Å². The molecule has 0 saturated heterocycles. The van der Waals surface area contributed by atoms with Crippen LogP contribution in [0.5, 0.6) is 0 Å². The van der Waals surface area contributed by atoms with Crippen LogP contribution in [0.15, 0.2) is 67.0 Å². The zero-order chi connectivity index (χ0) is 18.4. The Balaban J connectivity index is 1.82. The van der Waals surface area contributed by atoms with Gasteiger partial charge in [-0.05, 0) is 42.2 Å². The minimum Gasteiger partial charge on any atom is -0.354 e. The maximum atomic E-state index is 12.8. The highest BCUT2D eigenvalue weighted by molar-refractivity contribution is 6.05. The minimum absolute atomic E-state index is 0.148. The molecule has 4 heteroatoms. The first-order chi connectivity index (χ1) is 12.7. The fourth-order valence-electron chi connectivity index (χ4n) is 2.91. The van der Waals surface area contributed by atoms with Crippen LogP contribution in [0.25, 0.3) is 0 Å². The molecule has 1 amide bonds. The zero-order valence-electron chi connectivity index (χ0n) is 15.1. The maximum Gasteiger partial charge on any atom is 0.257 e. The molecule has 3 aromatic rings. The van der Waals surface area contributed by atoms with Crippen LogP contribution in [0.4, 0.5) is 17.1 Å². The van der Waals surface area contributed by atoms with E-state index in [1.165, 1.54) is 0 Å². The normalized spacial score (nSPS) is 10.4. The average Bonchev–Trinajstić information content (AvgIpc) is 2.69. The Bertz CT molecular complexity index is 869. The van der Waals surface area contributed by atoms with Crippen molar-refractivity contribution in [1.29, 1.82) is 0 Å². The number of nitrogens with one attached hydrogen (secondary N) is 2. The van der Waals surface area contributed by atoms with Crippen molar-refractivity contribution in [2.75, 3.05) is 10.6 Å². The number of amides is 1. The number of rotatable bonds is 6. The van der Waals surface area contributed by atoms with Gasteiger partial charge in [0.25, 0.3) is 5.91 Å². The van der Waals surface area contributed by atoms with Gasteiger partial charge in [0, 0.05) is 17.6 Å². The van der Waals surface area contributed by atoms with Gasteiger partial charge in [0.2, 0.25) is 0 Å². The Labute approximate surface area is 154 Å². The lowest BCUT2D eigenvalue weighted by Gasteiger charge is -2.15. The Morgan fingerprint density at radius 3 is 2.23 bits per heavy atom. The molecule has 0 aliphatic carbocycles. The molecule has 0 saturated carbocycles. The van der Waals surface area contributed by atoms with E-state index in [2.05, 4.69) is 41.6 Å².